The van der Waals surface area contributed by atoms with Gasteiger partial charge in [0.2, 0.25) is 0 Å². The van der Waals surface area contributed by atoms with Crippen molar-refractivity contribution in [3.8, 4) is 0 Å². The molecular weight excluding hydrogens is 144 g/mol. The van der Waals surface area contributed by atoms with Crippen LogP contribution < -0.4 is 0 Å². The van der Waals surface area contributed by atoms with Gasteiger partial charge in [0.05, 0.1) is 0 Å². The molecule has 0 bridgehead atoms. The molecule has 0 radical (unpaired) electrons. The van der Waals surface area contributed by atoms with E-state index in [1.54, 1.807) is 0 Å². The molecule has 0 heterocycles. The maximum Gasteiger partial charge on any atom is -0.00941 e. The van der Waals surface area contributed by atoms with Crippen molar-refractivity contribution >= 4 is 0 Å². The van der Waals surface area contributed by atoms with Crippen molar-refractivity contribution in [3.63, 3.8) is 0 Å². The average Bonchev–Trinajstić information content (AvgIpc) is 2.65. The number of allylic oxidation sites excluding steroid dienone is 10. The second-order valence-corrected chi connectivity index (χ2v) is 3.18. The van der Waals surface area contributed by atoms with Gasteiger partial charge in [-0.1, -0.05) is 42.5 Å². The zero-order valence-corrected chi connectivity index (χ0v) is 7.25. The summed E-state index contributed by atoms with van der Waals surface area (Å²) < 4.78 is 0. The highest BCUT2D eigenvalue weighted by Gasteiger charge is 2.02. The van der Waals surface area contributed by atoms with Gasteiger partial charge in [0.1, 0.15) is 0 Å². The zero-order valence-electron chi connectivity index (χ0n) is 7.25. The summed E-state index contributed by atoms with van der Waals surface area (Å²) in [5, 5.41) is 0. The van der Waals surface area contributed by atoms with E-state index >= 15 is 0 Å². The molecule has 0 atom stereocenters. The lowest BCUT2D eigenvalue weighted by atomic mass is 10.1. The van der Waals surface area contributed by atoms with E-state index in [9.17, 15) is 0 Å². The van der Waals surface area contributed by atoms with Crippen molar-refractivity contribution in [2.24, 2.45) is 0 Å². The van der Waals surface area contributed by atoms with E-state index in [0.29, 0.717) is 0 Å². The van der Waals surface area contributed by atoms with Crippen LogP contribution in [0.3, 0.4) is 0 Å². The molecule has 2 rings (SSSR count). The predicted octanol–water partition coefficient (Wildman–Crippen LogP) is 3.32. The highest BCUT2D eigenvalue weighted by Crippen LogP contribution is 2.22. The first-order valence-corrected chi connectivity index (χ1v) is 4.29. The summed E-state index contributed by atoms with van der Waals surface area (Å²) in [6.07, 6.45) is 16.2. The summed E-state index contributed by atoms with van der Waals surface area (Å²) in [5.41, 5.74) is 4.12. The van der Waals surface area contributed by atoms with E-state index in [4.69, 9.17) is 0 Å². The molecule has 0 aromatic heterocycles. The second-order valence-electron chi connectivity index (χ2n) is 3.18. The Bertz CT molecular complexity index is 333. The third kappa shape index (κ3) is 1.33. The Labute approximate surface area is 73.3 Å². The molecule has 0 fully saturated rings. The lowest BCUT2D eigenvalue weighted by Gasteiger charge is -1.97. The molecule has 0 N–H and O–H groups in total. The molecule has 0 nitrogen and oxygen atoms in total. The maximum atomic E-state index is 2.26. The smallest absolute Gasteiger partial charge is 0.00941 e. The Kier molecular flexibility index (Phi) is 1.83. The Morgan fingerprint density at radius 1 is 1.25 bits per heavy atom. The molecule has 0 aliphatic heterocycles. The summed E-state index contributed by atoms with van der Waals surface area (Å²) in [5.74, 6) is 0. The Morgan fingerprint density at radius 3 is 2.75 bits per heavy atom. The van der Waals surface area contributed by atoms with Crippen molar-refractivity contribution in [1.29, 1.82) is 0 Å². The topological polar surface area (TPSA) is 0 Å². The van der Waals surface area contributed by atoms with Crippen LogP contribution >= 0.6 is 0 Å². The summed E-state index contributed by atoms with van der Waals surface area (Å²) >= 11 is 0. The van der Waals surface area contributed by atoms with Crippen LogP contribution in [0, 0.1) is 0 Å². The van der Waals surface area contributed by atoms with Crippen LogP contribution in [0.4, 0.5) is 0 Å². The Morgan fingerprint density at radius 2 is 2.17 bits per heavy atom. The van der Waals surface area contributed by atoms with Gasteiger partial charge in [-0.05, 0) is 30.1 Å². The van der Waals surface area contributed by atoms with Crippen LogP contribution in [-0.4, -0.2) is 0 Å². The van der Waals surface area contributed by atoms with Gasteiger partial charge in [-0.3, -0.25) is 0 Å². The molecule has 2 aliphatic carbocycles. The van der Waals surface area contributed by atoms with E-state index in [2.05, 4.69) is 49.5 Å². The molecule has 0 aromatic rings. The molecule has 0 saturated carbocycles. The molecule has 0 unspecified atom stereocenters. The summed E-state index contributed by atoms with van der Waals surface area (Å²) in [7, 11) is 0. The van der Waals surface area contributed by atoms with Crippen LogP contribution in [0.15, 0.2) is 59.3 Å². The standard InChI is InChI=1S/C12H12/c1-10-5-4-8-12(10)9-11-6-2-3-7-11/h2-6,8-9H,7H2,1H3/b12-9-. The van der Waals surface area contributed by atoms with Crippen molar-refractivity contribution in [2.45, 2.75) is 13.3 Å². The molecular formula is C12H12. The van der Waals surface area contributed by atoms with Gasteiger partial charge < -0.3 is 0 Å². The number of rotatable bonds is 1. The molecule has 0 heteroatoms. The fourth-order valence-corrected chi connectivity index (χ4v) is 1.46. The Balaban J connectivity index is 2.19. The largest absolute Gasteiger partial charge is 0.0801 e. The molecule has 0 amide bonds. The minimum Gasteiger partial charge on any atom is -0.0801 e. The normalized spacial score (nSPS) is 23.6. The van der Waals surface area contributed by atoms with Crippen LogP contribution in [0.2, 0.25) is 0 Å². The first-order valence-electron chi connectivity index (χ1n) is 4.29. The molecule has 12 heavy (non-hydrogen) atoms. The summed E-state index contributed by atoms with van der Waals surface area (Å²) in [6.45, 7) is 2.15. The van der Waals surface area contributed by atoms with Crippen molar-refractivity contribution < 1.29 is 0 Å². The van der Waals surface area contributed by atoms with Crippen molar-refractivity contribution in [3.05, 3.63) is 59.3 Å². The molecule has 60 valence electrons. The van der Waals surface area contributed by atoms with Gasteiger partial charge in [-0.2, -0.15) is 0 Å². The van der Waals surface area contributed by atoms with E-state index in [-0.39, 0.29) is 0 Å². The summed E-state index contributed by atoms with van der Waals surface area (Å²) in [6, 6.07) is 0. The lowest BCUT2D eigenvalue weighted by molar-refractivity contribution is 1.31. The van der Waals surface area contributed by atoms with E-state index in [1.807, 2.05) is 0 Å². The lowest BCUT2D eigenvalue weighted by Crippen LogP contribution is -1.78. The SMILES string of the molecule is CC1=CC=C/C1=C/C1=CC=CC1. The van der Waals surface area contributed by atoms with Gasteiger partial charge in [0, 0.05) is 0 Å². The fourth-order valence-electron chi connectivity index (χ4n) is 1.46. The average molecular weight is 156 g/mol. The molecule has 0 aromatic carbocycles. The highest BCUT2D eigenvalue weighted by molar-refractivity contribution is 5.51. The zero-order chi connectivity index (χ0) is 8.39. The van der Waals surface area contributed by atoms with E-state index in [0.717, 1.165) is 6.42 Å². The van der Waals surface area contributed by atoms with Gasteiger partial charge >= 0.3 is 0 Å². The highest BCUT2D eigenvalue weighted by atomic mass is 14.1. The predicted molar refractivity (Wildman–Crippen MR) is 52.8 cm³/mol. The minimum absolute atomic E-state index is 1.09. The minimum atomic E-state index is 1.09. The maximum absolute atomic E-state index is 2.26. The van der Waals surface area contributed by atoms with Crippen LogP contribution in [-0.2, 0) is 0 Å². The van der Waals surface area contributed by atoms with Gasteiger partial charge in [-0.15, -0.1) is 0 Å². The fraction of sp³-hybridized carbons (Fsp3) is 0.167. The third-order valence-corrected chi connectivity index (χ3v) is 2.22. The van der Waals surface area contributed by atoms with Crippen molar-refractivity contribution in [2.75, 3.05) is 0 Å². The van der Waals surface area contributed by atoms with Gasteiger partial charge in [-0.25, -0.2) is 0 Å². The van der Waals surface area contributed by atoms with E-state index < -0.39 is 0 Å². The van der Waals surface area contributed by atoms with Crippen molar-refractivity contribution in [1.82, 2.24) is 0 Å². The van der Waals surface area contributed by atoms with Crippen LogP contribution in [0.5, 0.6) is 0 Å². The molecule has 0 saturated heterocycles. The third-order valence-electron chi connectivity index (χ3n) is 2.22. The van der Waals surface area contributed by atoms with Gasteiger partial charge in [0.25, 0.3) is 0 Å². The number of hydrogen-bond donors (Lipinski definition) is 0. The van der Waals surface area contributed by atoms with Gasteiger partial charge in [0.15, 0.2) is 0 Å². The quantitative estimate of drug-likeness (QED) is 0.546. The summed E-state index contributed by atoms with van der Waals surface area (Å²) in [4.78, 5) is 0. The van der Waals surface area contributed by atoms with Crippen LogP contribution in [0.1, 0.15) is 13.3 Å². The van der Waals surface area contributed by atoms with E-state index in [1.165, 1.54) is 16.7 Å². The molecule has 0 spiro atoms. The second kappa shape index (κ2) is 2.98. The molecule has 2 aliphatic rings. The van der Waals surface area contributed by atoms with Crippen LogP contribution in [0.25, 0.3) is 0 Å². The number of hydrogen-bond acceptors (Lipinski definition) is 0. The first kappa shape index (κ1) is 7.35. The Hall–Kier alpha value is -1.30. The first-order chi connectivity index (χ1) is 5.86. The monoisotopic (exact) mass is 156 g/mol.